The maximum atomic E-state index is 11.4. The molecule has 0 radical (unpaired) electrons. The number of nitrogens with zero attached hydrogens (tertiary/aromatic N) is 1. The maximum absolute atomic E-state index is 11.4. The van der Waals surface area contributed by atoms with Crippen molar-refractivity contribution in [3.8, 4) is 17.6 Å². The zero-order chi connectivity index (χ0) is 13.8. The Labute approximate surface area is 106 Å². The van der Waals surface area contributed by atoms with E-state index in [9.17, 15) is 8.42 Å². The summed E-state index contributed by atoms with van der Waals surface area (Å²) in [5.74, 6) is 0.855. The van der Waals surface area contributed by atoms with Crippen molar-refractivity contribution in [2.75, 3.05) is 20.5 Å². The molecule has 0 aliphatic rings. The predicted molar refractivity (Wildman–Crippen MR) is 68.0 cm³/mol. The van der Waals surface area contributed by atoms with Crippen LogP contribution in [0.4, 0.5) is 0 Å². The Hall–Kier alpha value is -2.00. The minimum absolute atomic E-state index is 0.325. The number of hydrogen-bond donors (Lipinski definition) is 0. The van der Waals surface area contributed by atoms with E-state index in [2.05, 4.69) is 0 Å². The number of para-hydroxylation sites is 1. The van der Waals surface area contributed by atoms with E-state index in [0.29, 0.717) is 17.1 Å². The molecule has 0 N–H and O–H groups in total. The summed E-state index contributed by atoms with van der Waals surface area (Å²) in [6.07, 6.45) is 2.24. The molecule has 0 fully saturated rings. The zero-order valence-corrected chi connectivity index (χ0v) is 11.1. The molecule has 5 nitrogen and oxygen atoms in total. The molecule has 0 spiro atoms. The van der Waals surface area contributed by atoms with Crippen molar-refractivity contribution in [2.45, 2.75) is 0 Å². The highest BCUT2D eigenvalue weighted by molar-refractivity contribution is 7.95. The first-order valence-electron chi connectivity index (χ1n) is 4.97. The Bertz CT molecular complexity index is 611. The van der Waals surface area contributed by atoms with E-state index in [-0.39, 0.29) is 4.91 Å². The van der Waals surface area contributed by atoms with Crippen molar-refractivity contribution in [3.63, 3.8) is 0 Å². The number of nitriles is 1. The second kappa shape index (κ2) is 5.56. The normalized spacial score (nSPS) is 11.8. The van der Waals surface area contributed by atoms with Gasteiger partial charge in [0.1, 0.15) is 11.0 Å². The molecule has 96 valence electrons. The summed E-state index contributed by atoms with van der Waals surface area (Å²) >= 11 is 0. The Morgan fingerprint density at radius 1 is 1.33 bits per heavy atom. The molecule has 0 heterocycles. The topological polar surface area (TPSA) is 76.4 Å². The van der Waals surface area contributed by atoms with Crippen LogP contribution in [0.25, 0.3) is 6.08 Å². The molecular weight excluding hydrogens is 254 g/mol. The van der Waals surface area contributed by atoms with E-state index < -0.39 is 9.84 Å². The molecule has 0 bridgehead atoms. The molecule has 0 aliphatic heterocycles. The maximum Gasteiger partial charge on any atom is 0.185 e. The van der Waals surface area contributed by atoms with E-state index in [4.69, 9.17) is 14.7 Å². The van der Waals surface area contributed by atoms with Gasteiger partial charge in [0.15, 0.2) is 21.3 Å². The predicted octanol–water partition coefficient (Wildman–Crippen LogP) is 1.61. The summed E-state index contributed by atoms with van der Waals surface area (Å²) < 4.78 is 33.0. The van der Waals surface area contributed by atoms with Gasteiger partial charge in [0.25, 0.3) is 0 Å². The third-order valence-corrected chi connectivity index (χ3v) is 3.24. The molecule has 1 rings (SSSR count). The van der Waals surface area contributed by atoms with Gasteiger partial charge in [-0.25, -0.2) is 8.42 Å². The van der Waals surface area contributed by atoms with Crippen LogP contribution in [0.5, 0.6) is 11.5 Å². The fraction of sp³-hybridized carbons (Fsp3) is 0.250. The standard InChI is InChI=1S/C12H13NO4S/c1-16-11-6-4-5-9(12(11)17-2)7-10(8-13)18(3,14)15/h4-7H,1-3H3/b10-7+. The van der Waals surface area contributed by atoms with Gasteiger partial charge in [-0.05, 0) is 12.1 Å². The molecule has 18 heavy (non-hydrogen) atoms. The molecule has 1 aromatic rings. The molecule has 6 heteroatoms. The van der Waals surface area contributed by atoms with Gasteiger partial charge in [-0.1, -0.05) is 12.1 Å². The van der Waals surface area contributed by atoms with Gasteiger partial charge in [-0.2, -0.15) is 5.26 Å². The van der Waals surface area contributed by atoms with Crippen LogP contribution in [0.2, 0.25) is 0 Å². The number of allylic oxidation sites excluding steroid dienone is 1. The molecule has 0 amide bonds. The van der Waals surface area contributed by atoms with E-state index in [1.54, 1.807) is 24.3 Å². The van der Waals surface area contributed by atoms with Crippen molar-refractivity contribution in [2.24, 2.45) is 0 Å². The van der Waals surface area contributed by atoms with Crippen LogP contribution in [-0.2, 0) is 9.84 Å². The first-order valence-corrected chi connectivity index (χ1v) is 6.86. The number of benzene rings is 1. The van der Waals surface area contributed by atoms with E-state index in [1.807, 2.05) is 0 Å². The minimum atomic E-state index is -3.55. The molecule has 1 aromatic carbocycles. The summed E-state index contributed by atoms with van der Waals surface area (Å²) in [4.78, 5) is -0.325. The third-order valence-electron chi connectivity index (χ3n) is 2.23. The van der Waals surface area contributed by atoms with Crippen molar-refractivity contribution < 1.29 is 17.9 Å². The largest absolute Gasteiger partial charge is 0.493 e. The smallest absolute Gasteiger partial charge is 0.185 e. The summed E-state index contributed by atoms with van der Waals surface area (Å²) in [5, 5.41) is 8.84. The van der Waals surface area contributed by atoms with Gasteiger partial charge >= 0.3 is 0 Å². The fourth-order valence-corrected chi connectivity index (χ4v) is 1.90. The lowest BCUT2D eigenvalue weighted by Gasteiger charge is -2.10. The quantitative estimate of drug-likeness (QED) is 0.775. The molecule has 0 saturated heterocycles. The Morgan fingerprint density at radius 2 is 2.00 bits per heavy atom. The van der Waals surface area contributed by atoms with Crippen LogP contribution in [0.1, 0.15) is 5.56 Å². The molecule has 0 saturated carbocycles. The Kier molecular flexibility index (Phi) is 4.34. The monoisotopic (exact) mass is 267 g/mol. The number of hydrogen-bond acceptors (Lipinski definition) is 5. The lowest BCUT2D eigenvalue weighted by atomic mass is 10.1. The number of sulfone groups is 1. The van der Waals surface area contributed by atoms with Gasteiger partial charge in [-0.15, -0.1) is 0 Å². The first-order chi connectivity index (χ1) is 8.43. The number of rotatable bonds is 4. The van der Waals surface area contributed by atoms with Crippen LogP contribution < -0.4 is 9.47 Å². The zero-order valence-electron chi connectivity index (χ0n) is 10.3. The van der Waals surface area contributed by atoms with Crippen molar-refractivity contribution >= 4 is 15.9 Å². The lowest BCUT2D eigenvalue weighted by Crippen LogP contribution is -1.99. The SMILES string of the molecule is COc1cccc(/C=C(\C#N)S(C)(=O)=O)c1OC. The van der Waals surface area contributed by atoms with Crippen molar-refractivity contribution in [1.29, 1.82) is 5.26 Å². The van der Waals surface area contributed by atoms with Gasteiger partial charge in [0.05, 0.1) is 14.2 Å². The number of ether oxygens (including phenoxy) is 2. The molecule has 0 unspecified atom stereocenters. The van der Waals surface area contributed by atoms with E-state index in [0.717, 1.165) is 6.26 Å². The highest BCUT2D eigenvalue weighted by Gasteiger charge is 2.14. The second-order valence-corrected chi connectivity index (χ2v) is 5.46. The van der Waals surface area contributed by atoms with Gasteiger partial charge in [-0.3, -0.25) is 0 Å². The van der Waals surface area contributed by atoms with Crippen LogP contribution >= 0.6 is 0 Å². The van der Waals surface area contributed by atoms with E-state index >= 15 is 0 Å². The summed E-state index contributed by atoms with van der Waals surface area (Å²) in [6, 6.07) is 6.67. The molecular formula is C12H13NO4S. The average Bonchev–Trinajstić information content (AvgIpc) is 2.33. The van der Waals surface area contributed by atoms with E-state index in [1.165, 1.54) is 20.3 Å². The summed E-state index contributed by atoms with van der Waals surface area (Å²) in [7, 11) is -0.629. The molecule has 0 aliphatic carbocycles. The second-order valence-electron chi connectivity index (χ2n) is 3.48. The Balaban J connectivity index is 3.44. The van der Waals surface area contributed by atoms with Gasteiger partial charge in [0.2, 0.25) is 0 Å². The highest BCUT2D eigenvalue weighted by atomic mass is 32.2. The molecule has 0 aromatic heterocycles. The lowest BCUT2D eigenvalue weighted by molar-refractivity contribution is 0.354. The number of methoxy groups -OCH3 is 2. The van der Waals surface area contributed by atoms with Crippen molar-refractivity contribution in [1.82, 2.24) is 0 Å². The molecule has 0 atom stereocenters. The van der Waals surface area contributed by atoms with Crippen LogP contribution in [0.3, 0.4) is 0 Å². The van der Waals surface area contributed by atoms with Gasteiger partial charge < -0.3 is 9.47 Å². The first kappa shape index (κ1) is 14.1. The summed E-state index contributed by atoms with van der Waals surface area (Å²) in [5.41, 5.74) is 0.471. The van der Waals surface area contributed by atoms with Crippen LogP contribution in [-0.4, -0.2) is 28.9 Å². The van der Waals surface area contributed by atoms with Crippen molar-refractivity contribution in [3.05, 3.63) is 28.7 Å². The fourth-order valence-electron chi connectivity index (χ4n) is 1.39. The van der Waals surface area contributed by atoms with Crippen LogP contribution in [0, 0.1) is 11.3 Å². The Morgan fingerprint density at radius 3 is 2.44 bits per heavy atom. The van der Waals surface area contributed by atoms with Gasteiger partial charge in [0, 0.05) is 11.8 Å². The summed E-state index contributed by atoms with van der Waals surface area (Å²) in [6.45, 7) is 0. The van der Waals surface area contributed by atoms with Crippen LogP contribution in [0.15, 0.2) is 23.1 Å². The highest BCUT2D eigenvalue weighted by Crippen LogP contribution is 2.32. The minimum Gasteiger partial charge on any atom is -0.493 e. The average molecular weight is 267 g/mol. The third kappa shape index (κ3) is 3.02.